The Hall–Kier alpha value is -3.66. The predicted molar refractivity (Wildman–Crippen MR) is 144 cm³/mol. The van der Waals surface area contributed by atoms with E-state index < -0.39 is 46.0 Å². The maximum absolute atomic E-state index is 15.7. The van der Waals surface area contributed by atoms with Crippen LogP contribution in [-0.4, -0.2) is 4.98 Å². The quantitative estimate of drug-likeness (QED) is 0.150. The first-order valence-corrected chi connectivity index (χ1v) is 13.9. The zero-order valence-corrected chi connectivity index (χ0v) is 22.4. The Labute approximate surface area is 234 Å². The molecular formula is C31H22F7NOS. The topological polar surface area (TPSA) is 22.1 Å². The number of ether oxygens (including phenoxy) is 1. The maximum atomic E-state index is 15.7. The van der Waals surface area contributed by atoms with Crippen LogP contribution in [0.4, 0.5) is 30.7 Å². The van der Waals surface area contributed by atoms with Gasteiger partial charge >= 0.3 is 6.11 Å². The summed E-state index contributed by atoms with van der Waals surface area (Å²) in [5.41, 5.74) is 0.987. The molecule has 5 aromatic rings. The Morgan fingerprint density at radius 2 is 1.51 bits per heavy atom. The lowest BCUT2D eigenvalue weighted by molar-refractivity contribution is -0.185. The fraction of sp³-hybridized carbons (Fsp3) is 0.258. The van der Waals surface area contributed by atoms with E-state index in [-0.39, 0.29) is 26.7 Å². The molecule has 0 aliphatic heterocycles. The number of rotatable bonds is 5. The molecule has 0 atom stereocenters. The highest BCUT2D eigenvalue weighted by Crippen LogP contribution is 2.41. The molecule has 4 aromatic carbocycles. The smallest absolute Gasteiger partial charge is 0.427 e. The second-order valence-electron chi connectivity index (χ2n) is 10.5. The van der Waals surface area contributed by atoms with Crippen molar-refractivity contribution >= 4 is 32.3 Å². The normalized spacial score (nSPS) is 17.9. The van der Waals surface area contributed by atoms with Crippen molar-refractivity contribution in [2.24, 2.45) is 5.92 Å². The van der Waals surface area contributed by atoms with Gasteiger partial charge in [0, 0.05) is 17.5 Å². The molecule has 0 saturated heterocycles. The Morgan fingerprint density at radius 1 is 0.805 bits per heavy atom. The van der Waals surface area contributed by atoms with Crippen molar-refractivity contribution in [3.05, 3.63) is 94.3 Å². The molecule has 0 unspecified atom stereocenters. The van der Waals surface area contributed by atoms with E-state index in [2.05, 4.69) is 16.6 Å². The van der Waals surface area contributed by atoms with Crippen LogP contribution in [0.3, 0.4) is 0 Å². The monoisotopic (exact) mass is 589 g/mol. The van der Waals surface area contributed by atoms with Gasteiger partial charge in [0.1, 0.15) is 17.4 Å². The molecule has 0 radical (unpaired) electrons. The van der Waals surface area contributed by atoms with Gasteiger partial charge in [-0.25, -0.2) is 26.9 Å². The second-order valence-corrected chi connectivity index (χ2v) is 11.5. The molecule has 1 aliphatic rings. The van der Waals surface area contributed by atoms with Crippen molar-refractivity contribution in [2.75, 3.05) is 0 Å². The maximum Gasteiger partial charge on any atom is 0.454 e. The van der Waals surface area contributed by atoms with Crippen LogP contribution in [0.25, 0.3) is 32.1 Å². The number of thiazole rings is 1. The first-order chi connectivity index (χ1) is 19.5. The Kier molecular flexibility index (Phi) is 6.92. The summed E-state index contributed by atoms with van der Waals surface area (Å²) in [6.45, 7) is 2.23. The molecule has 0 amide bonds. The third-order valence-electron chi connectivity index (χ3n) is 7.67. The van der Waals surface area contributed by atoms with Crippen LogP contribution in [0.2, 0.25) is 0 Å². The van der Waals surface area contributed by atoms with E-state index in [1.165, 1.54) is 24.3 Å². The number of alkyl halides is 2. The molecule has 2 nitrogen and oxygen atoms in total. The molecular weight excluding hydrogens is 567 g/mol. The fourth-order valence-corrected chi connectivity index (χ4v) is 6.37. The van der Waals surface area contributed by atoms with E-state index in [0.29, 0.717) is 40.7 Å². The minimum Gasteiger partial charge on any atom is -0.427 e. The van der Waals surface area contributed by atoms with E-state index in [4.69, 9.17) is 0 Å². The van der Waals surface area contributed by atoms with Crippen LogP contribution in [0.1, 0.15) is 49.1 Å². The first-order valence-electron chi connectivity index (χ1n) is 13.0. The average Bonchev–Trinajstić information content (AvgIpc) is 3.36. The Balaban J connectivity index is 1.32. The molecule has 1 saturated carbocycles. The number of benzene rings is 4. The number of aromatic nitrogens is 1. The number of fused-ring (bicyclic) bond motifs is 2. The van der Waals surface area contributed by atoms with Gasteiger partial charge in [0.2, 0.25) is 5.01 Å². The molecule has 1 aliphatic carbocycles. The summed E-state index contributed by atoms with van der Waals surface area (Å²) in [6.07, 6.45) is 0.178. The van der Waals surface area contributed by atoms with Crippen LogP contribution in [-0.2, 0) is 6.11 Å². The highest BCUT2D eigenvalue weighted by atomic mass is 32.1. The third kappa shape index (κ3) is 5.14. The van der Waals surface area contributed by atoms with Crippen molar-refractivity contribution in [2.45, 2.75) is 44.6 Å². The molecule has 0 bridgehead atoms. The van der Waals surface area contributed by atoms with Crippen LogP contribution >= 0.6 is 11.3 Å². The molecule has 0 N–H and O–H groups in total. The summed E-state index contributed by atoms with van der Waals surface area (Å²) in [5.74, 6) is -6.66. The minimum atomic E-state index is -4.13. The van der Waals surface area contributed by atoms with E-state index in [9.17, 15) is 22.0 Å². The molecule has 212 valence electrons. The molecule has 6 rings (SSSR count). The zero-order valence-electron chi connectivity index (χ0n) is 21.6. The van der Waals surface area contributed by atoms with Crippen molar-refractivity contribution in [3.8, 4) is 16.9 Å². The zero-order chi connectivity index (χ0) is 29.1. The third-order valence-corrected chi connectivity index (χ3v) is 8.74. The SMILES string of the molecule is CC1CCC(c2ccc3c(F)c(-c4ccc5nc(C(F)(F)Oc6cc(F)c(F)c(F)c6)sc5c4)c(F)cc3c2)CC1. The lowest BCUT2D eigenvalue weighted by Crippen LogP contribution is -2.21. The Morgan fingerprint density at radius 3 is 2.22 bits per heavy atom. The van der Waals surface area contributed by atoms with Gasteiger partial charge in [-0.15, -0.1) is 11.3 Å². The van der Waals surface area contributed by atoms with Crippen LogP contribution in [0, 0.1) is 35.0 Å². The average molecular weight is 590 g/mol. The van der Waals surface area contributed by atoms with Crippen molar-refractivity contribution in [3.63, 3.8) is 0 Å². The van der Waals surface area contributed by atoms with Gasteiger partial charge in [-0.1, -0.05) is 44.0 Å². The number of halogens is 7. The summed E-state index contributed by atoms with van der Waals surface area (Å²) in [4.78, 5) is 3.83. The molecule has 1 fully saturated rings. The van der Waals surface area contributed by atoms with Crippen LogP contribution < -0.4 is 4.74 Å². The number of nitrogens with zero attached hydrogens (tertiary/aromatic N) is 1. The minimum absolute atomic E-state index is 0.0986. The van der Waals surface area contributed by atoms with Crippen LogP contribution in [0.5, 0.6) is 5.75 Å². The summed E-state index contributed by atoms with van der Waals surface area (Å²) >= 11 is 0.484. The van der Waals surface area contributed by atoms with Crippen molar-refractivity contribution < 1.29 is 35.5 Å². The number of hydrogen-bond acceptors (Lipinski definition) is 3. The highest BCUT2D eigenvalue weighted by molar-refractivity contribution is 7.18. The highest BCUT2D eigenvalue weighted by Gasteiger charge is 2.39. The van der Waals surface area contributed by atoms with Gasteiger partial charge in [-0.3, -0.25) is 0 Å². The van der Waals surface area contributed by atoms with Gasteiger partial charge in [0.15, 0.2) is 17.5 Å². The second kappa shape index (κ2) is 10.3. The molecule has 1 heterocycles. The van der Waals surface area contributed by atoms with Gasteiger partial charge in [-0.2, -0.15) is 8.78 Å². The number of hydrogen-bond donors (Lipinski definition) is 0. The van der Waals surface area contributed by atoms with Gasteiger partial charge in [0.25, 0.3) is 0 Å². The Bertz CT molecular complexity index is 1770. The van der Waals surface area contributed by atoms with Gasteiger partial charge in [-0.05, 0) is 59.4 Å². The molecule has 41 heavy (non-hydrogen) atoms. The van der Waals surface area contributed by atoms with E-state index in [1.54, 1.807) is 6.07 Å². The van der Waals surface area contributed by atoms with E-state index in [1.807, 2.05) is 12.1 Å². The molecule has 1 aromatic heterocycles. The fourth-order valence-electron chi connectivity index (χ4n) is 5.45. The van der Waals surface area contributed by atoms with Crippen molar-refractivity contribution in [1.29, 1.82) is 0 Å². The van der Waals surface area contributed by atoms with Crippen molar-refractivity contribution in [1.82, 2.24) is 4.98 Å². The molecule has 0 spiro atoms. The summed E-state index contributed by atoms with van der Waals surface area (Å²) < 4.78 is 105. The molecule has 10 heteroatoms. The standard InChI is InChI=1S/C31H22F7NOS/c1-15-2-4-16(5-3-15)17-6-8-21-19(10-17)11-22(32)27(28(21)35)18-7-9-25-26(12-18)41-30(39-25)31(37,38)40-20-13-23(33)29(36)24(34)14-20/h6-16H,2-5H2,1H3. The summed E-state index contributed by atoms with van der Waals surface area (Å²) in [6, 6.07) is 11.3. The summed E-state index contributed by atoms with van der Waals surface area (Å²) in [7, 11) is 0. The first kappa shape index (κ1) is 27.5. The van der Waals surface area contributed by atoms with Crippen LogP contribution in [0.15, 0.2) is 54.6 Å². The lowest BCUT2D eigenvalue weighted by atomic mass is 9.79. The predicted octanol–water partition coefficient (Wildman–Crippen LogP) is 10.2. The largest absolute Gasteiger partial charge is 0.454 e. The van der Waals surface area contributed by atoms with E-state index >= 15 is 8.78 Å². The van der Waals surface area contributed by atoms with Gasteiger partial charge in [0.05, 0.1) is 15.8 Å². The van der Waals surface area contributed by atoms with E-state index in [0.717, 1.165) is 31.2 Å². The lowest BCUT2D eigenvalue weighted by Gasteiger charge is -2.26. The van der Waals surface area contributed by atoms with Gasteiger partial charge < -0.3 is 4.74 Å². The summed E-state index contributed by atoms with van der Waals surface area (Å²) in [5, 5.41) is -0.163.